The van der Waals surface area contributed by atoms with Crippen LogP contribution < -0.4 is 21.7 Å². The molecule has 12 nitrogen and oxygen atoms in total. The van der Waals surface area contributed by atoms with Crippen LogP contribution >= 0.6 is 11.8 Å². The van der Waals surface area contributed by atoms with E-state index in [9.17, 15) is 34.2 Å². The third-order valence-corrected chi connectivity index (χ3v) is 6.72. The number of hydrogen-bond donors (Lipinski definition) is 7. The van der Waals surface area contributed by atoms with E-state index < -0.39 is 60.2 Å². The number of nitrogens with two attached hydrogens (primary N) is 1. The predicted molar refractivity (Wildman–Crippen MR) is 143 cm³/mol. The molecular weight excluding hydrogens is 516 g/mol. The van der Waals surface area contributed by atoms with Gasteiger partial charge in [-0.25, -0.2) is 4.79 Å². The first-order valence-electron chi connectivity index (χ1n) is 12.3. The molecule has 1 aromatic rings. The summed E-state index contributed by atoms with van der Waals surface area (Å²) in [6.07, 6.45) is 1.87. The van der Waals surface area contributed by atoms with Gasteiger partial charge in [0.2, 0.25) is 17.7 Å². The van der Waals surface area contributed by atoms with Gasteiger partial charge in [-0.15, -0.1) is 0 Å². The lowest BCUT2D eigenvalue weighted by Crippen LogP contribution is -2.58. The fraction of sp³-hybridized carbons (Fsp3) is 0.560. The van der Waals surface area contributed by atoms with E-state index in [-0.39, 0.29) is 30.9 Å². The number of carboxylic acid groups (broad SMARTS) is 2. The molecule has 5 atom stereocenters. The van der Waals surface area contributed by atoms with Crippen molar-refractivity contribution in [3.8, 4) is 5.75 Å². The molecule has 13 heteroatoms. The van der Waals surface area contributed by atoms with E-state index in [1.165, 1.54) is 23.9 Å². The van der Waals surface area contributed by atoms with Crippen molar-refractivity contribution in [2.45, 2.75) is 70.1 Å². The Morgan fingerprint density at radius 2 is 1.45 bits per heavy atom. The summed E-state index contributed by atoms with van der Waals surface area (Å²) >= 11 is 1.46. The number of phenolic OH excluding ortho intramolecular Hbond substituents is 1. The molecule has 0 heterocycles. The van der Waals surface area contributed by atoms with E-state index in [0.717, 1.165) is 0 Å². The molecule has 0 aliphatic carbocycles. The number of amides is 3. The lowest BCUT2D eigenvalue weighted by Gasteiger charge is -2.26. The minimum Gasteiger partial charge on any atom is -0.508 e. The maximum atomic E-state index is 13.3. The summed E-state index contributed by atoms with van der Waals surface area (Å²) in [6, 6.07) is 1.31. The average molecular weight is 555 g/mol. The van der Waals surface area contributed by atoms with Crippen LogP contribution in [-0.2, 0) is 30.4 Å². The number of hydrogen-bond acceptors (Lipinski definition) is 8. The standard InChI is InChI=1S/C25H38N4O8S/c1-4-14(2)21(26)24(35)27-17(11-12-38-3)22(33)29-19(13-15-5-7-16(30)8-6-15)23(34)28-18(25(36)37)9-10-20(31)32/h5-8,14,17-19,21,30H,4,9-13,26H2,1-3H3,(H,27,35)(H,28,34)(H,29,33)(H,31,32)(H,36,37). The molecule has 0 saturated heterocycles. The quantitative estimate of drug-likeness (QED) is 0.141. The molecule has 5 unspecified atom stereocenters. The highest BCUT2D eigenvalue weighted by molar-refractivity contribution is 7.98. The second-order valence-corrected chi connectivity index (χ2v) is 10.0. The maximum Gasteiger partial charge on any atom is 0.326 e. The zero-order chi connectivity index (χ0) is 28.8. The number of aromatic hydroxyl groups is 1. The Labute approximate surface area is 226 Å². The van der Waals surface area contributed by atoms with Crippen LogP contribution in [0.25, 0.3) is 0 Å². The number of carbonyl (C=O) groups excluding carboxylic acids is 3. The van der Waals surface area contributed by atoms with Gasteiger partial charge in [-0.1, -0.05) is 32.4 Å². The Morgan fingerprint density at radius 3 is 1.97 bits per heavy atom. The van der Waals surface area contributed by atoms with E-state index in [1.807, 2.05) is 20.1 Å². The van der Waals surface area contributed by atoms with Gasteiger partial charge in [0.15, 0.2) is 0 Å². The van der Waals surface area contributed by atoms with Gasteiger partial charge in [0.1, 0.15) is 23.9 Å². The predicted octanol–water partition coefficient (Wildman–Crippen LogP) is 0.465. The Bertz CT molecular complexity index is 959. The largest absolute Gasteiger partial charge is 0.508 e. The van der Waals surface area contributed by atoms with Crippen LogP contribution in [0.1, 0.15) is 45.1 Å². The monoisotopic (exact) mass is 554 g/mol. The van der Waals surface area contributed by atoms with Crippen molar-refractivity contribution in [2.24, 2.45) is 11.7 Å². The average Bonchev–Trinajstić information content (AvgIpc) is 2.87. The Morgan fingerprint density at radius 1 is 0.895 bits per heavy atom. The zero-order valence-corrected chi connectivity index (χ0v) is 22.6. The van der Waals surface area contributed by atoms with E-state index in [2.05, 4.69) is 16.0 Å². The van der Waals surface area contributed by atoms with Crippen LogP contribution in [0.5, 0.6) is 5.75 Å². The summed E-state index contributed by atoms with van der Waals surface area (Å²) in [5.74, 6) is -4.22. The van der Waals surface area contributed by atoms with Crippen LogP contribution in [0.15, 0.2) is 24.3 Å². The number of rotatable bonds is 17. The molecule has 1 rings (SSSR count). The van der Waals surface area contributed by atoms with Gasteiger partial charge in [0, 0.05) is 12.8 Å². The van der Waals surface area contributed by atoms with Gasteiger partial charge in [-0.3, -0.25) is 19.2 Å². The number of benzene rings is 1. The summed E-state index contributed by atoms with van der Waals surface area (Å²) < 4.78 is 0. The molecule has 0 radical (unpaired) electrons. The molecule has 0 aliphatic rings. The second kappa shape index (κ2) is 16.5. The molecule has 8 N–H and O–H groups in total. The number of aliphatic carboxylic acids is 2. The number of carbonyl (C=O) groups is 5. The number of carboxylic acids is 2. The van der Waals surface area contributed by atoms with Crippen molar-refractivity contribution < 1.29 is 39.3 Å². The Balaban J connectivity index is 3.15. The summed E-state index contributed by atoms with van der Waals surface area (Å²) in [5.41, 5.74) is 6.57. The normalized spacial score (nSPS) is 14.8. The topological polar surface area (TPSA) is 208 Å². The van der Waals surface area contributed by atoms with E-state index in [1.54, 1.807) is 12.1 Å². The molecule has 1 aromatic carbocycles. The smallest absolute Gasteiger partial charge is 0.326 e. The van der Waals surface area contributed by atoms with Gasteiger partial charge in [0.05, 0.1) is 6.04 Å². The van der Waals surface area contributed by atoms with Crippen molar-refractivity contribution in [3.63, 3.8) is 0 Å². The molecule has 0 fully saturated rings. The number of thioether (sulfide) groups is 1. The van der Waals surface area contributed by atoms with E-state index in [0.29, 0.717) is 17.7 Å². The van der Waals surface area contributed by atoms with E-state index >= 15 is 0 Å². The number of nitrogens with one attached hydrogen (secondary N) is 3. The fourth-order valence-electron chi connectivity index (χ4n) is 3.43. The van der Waals surface area contributed by atoms with Gasteiger partial charge in [0.25, 0.3) is 0 Å². The lowest BCUT2D eigenvalue weighted by molar-refractivity contribution is -0.143. The summed E-state index contributed by atoms with van der Waals surface area (Å²) in [5, 5.41) is 35.4. The van der Waals surface area contributed by atoms with E-state index in [4.69, 9.17) is 10.8 Å². The molecule has 0 aromatic heterocycles. The Kier molecular flexibility index (Phi) is 14.2. The van der Waals surface area contributed by atoms with Crippen LogP contribution in [0.4, 0.5) is 0 Å². The SMILES string of the molecule is CCC(C)C(N)C(=O)NC(CCSC)C(=O)NC(Cc1ccc(O)cc1)C(=O)NC(CCC(=O)O)C(=O)O. The third kappa shape index (κ3) is 11.4. The summed E-state index contributed by atoms with van der Waals surface area (Å²) in [7, 11) is 0. The minimum absolute atomic E-state index is 0.00381. The second-order valence-electron chi connectivity index (χ2n) is 9.02. The van der Waals surface area contributed by atoms with Crippen LogP contribution in [0.2, 0.25) is 0 Å². The molecular formula is C25H38N4O8S. The maximum absolute atomic E-state index is 13.3. The van der Waals surface area contributed by atoms with Crippen molar-refractivity contribution in [1.82, 2.24) is 16.0 Å². The van der Waals surface area contributed by atoms with Gasteiger partial charge < -0.3 is 37.0 Å². The highest BCUT2D eigenvalue weighted by Gasteiger charge is 2.31. The molecule has 212 valence electrons. The number of phenols is 1. The highest BCUT2D eigenvalue weighted by atomic mass is 32.2. The first-order valence-corrected chi connectivity index (χ1v) is 13.7. The summed E-state index contributed by atoms with van der Waals surface area (Å²) in [4.78, 5) is 61.5. The molecule has 0 bridgehead atoms. The fourth-order valence-corrected chi connectivity index (χ4v) is 3.90. The highest BCUT2D eigenvalue weighted by Crippen LogP contribution is 2.13. The van der Waals surface area contributed by atoms with Crippen molar-refractivity contribution >= 4 is 41.4 Å². The van der Waals surface area contributed by atoms with Crippen LogP contribution in [-0.4, -0.2) is 81.2 Å². The van der Waals surface area contributed by atoms with Crippen molar-refractivity contribution in [1.29, 1.82) is 0 Å². The first-order chi connectivity index (χ1) is 17.9. The molecule has 0 saturated carbocycles. The first kappa shape index (κ1) is 32.7. The van der Waals surface area contributed by atoms with Crippen molar-refractivity contribution in [2.75, 3.05) is 12.0 Å². The zero-order valence-electron chi connectivity index (χ0n) is 21.8. The lowest BCUT2D eigenvalue weighted by atomic mass is 9.99. The van der Waals surface area contributed by atoms with Crippen molar-refractivity contribution in [3.05, 3.63) is 29.8 Å². The molecule has 0 aliphatic heterocycles. The summed E-state index contributed by atoms with van der Waals surface area (Å²) in [6.45, 7) is 3.71. The molecule has 0 spiro atoms. The Hall–Kier alpha value is -3.32. The minimum atomic E-state index is -1.49. The van der Waals surface area contributed by atoms with Gasteiger partial charge in [-0.2, -0.15) is 11.8 Å². The molecule has 3 amide bonds. The van der Waals surface area contributed by atoms with Crippen LogP contribution in [0, 0.1) is 5.92 Å². The van der Waals surface area contributed by atoms with Gasteiger partial charge >= 0.3 is 11.9 Å². The van der Waals surface area contributed by atoms with Crippen LogP contribution in [0.3, 0.4) is 0 Å². The third-order valence-electron chi connectivity index (χ3n) is 6.07. The molecule has 38 heavy (non-hydrogen) atoms. The van der Waals surface area contributed by atoms with Gasteiger partial charge in [-0.05, 0) is 48.5 Å².